The Kier molecular flexibility index (Phi) is 2.60. The third kappa shape index (κ3) is 1.76. The molecule has 82 valence electrons. The summed E-state index contributed by atoms with van der Waals surface area (Å²) < 4.78 is 27.0. The first-order valence-corrected chi connectivity index (χ1v) is 4.90. The standard InChI is InChI=1S/C13H11F2N/c1-8-7-9(5-6-12(8)16)13-10(14)3-2-4-11(13)15/h2-7H,16H2,1H3. The van der Waals surface area contributed by atoms with Crippen LogP contribution in [0.1, 0.15) is 5.56 Å². The minimum Gasteiger partial charge on any atom is -0.399 e. The number of hydrogen-bond donors (Lipinski definition) is 1. The summed E-state index contributed by atoms with van der Waals surface area (Å²) in [4.78, 5) is 0. The van der Waals surface area contributed by atoms with Crippen molar-refractivity contribution < 1.29 is 8.78 Å². The van der Waals surface area contributed by atoms with Crippen LogP contribution in [0, 0.1) is 18.6 Å². The molecule has 2 rings (SSSR count). The average Bonchev–Trinajstić information content (AvgIpc) is 2.23. The molecule has 0 aliphatic heterocycles. The molecule has 0 aromatic heterocycles. The number of aryl methyl sites for hydroxylation is 1. The molecule has 0 bridgehead atoms. The predicted octanol–water partition coefficient (Wildman–Crippen LogP) is 3.52. The van der Waals surface area contributed by atoms with Crippen LogP contribution in [-0.4, -0.2) is 0 Å². The quantitative estimate of drug-likeness (QED) is 0.729. The largest absolute Gasteiger partial charge is 0.399 e. The summed E-state index contributed by atoms with van der Waals surface area (Å²) in [7, 11) is 0. The van der Waals surface area contributed by atoms with E-state index in [0.717, 1.165) is 5.56 Å². The van der Waals surface area contributed by atoms with E-state index in [1.165, 1.54) is 18.2 Å². The number of benzene rings is 2. The Bertz CT molecular complexity index is 515. The van der Waals surface area contributed by atoms with E-state index in [4.69, 9.17) is 5.73 Å². The van der Waals surface area contributed by atoms with Gasteiger partial charge in [0.25, 0.3) is 0 Å². The van der Waals surface area contributed by atoms with Gasteiger partial charge < -0.3 is 5.73 Å². The Morgan fingerprint density at radius 2 is 1.62 bits per heavy atom. The average molecular weight is 219 g/mol. The van der Waals surface area contributed by atoms with Gasteiger partial charge in [0.1, 0.15) is 11.6 Å². The van der Waals surface area contributed by atoms with E-state index in [-0.39, 0.29) is 5.56 Å². The summed E-state index contributed by atoms with van der Waals surface area (Å²) in [6, 6.07) is 8.77. The van der Waals surface area contributed by atoms with Crippen molar-refractivity contribution in [2.24, 2.45) is 0 Å². The van der Waals surface area contributed by atoms with Crippen LogP contribution in [0.15, 0.2) is 36.4 Å². The Morgan fingerprint density at radius 3 is 2.19 bits per heavy atom. The SMILES string of the molecule is Cc1cc(-c2c(F)cccc2F)ccc1N. The molecule has 0 atom stereocenters. The molecule has 0 saturated heterocycles. The zero-order valence-electron chi connectivity index (χ0n) is 8.80. The van der Waals surface area contributed by atoms with Gasteiger partial charge in [-0.1, -0.05) is 12.1 Å². The summed E-state index contributed by atoms with van der Waals surface area (Å²) in [6.07, 6.45) is 0. The lowest BCUT2D eigenvalue weighted by Crippen LogP contribution is -1.93. The van der Waals surface area contributed by atoms with Crippen molar-refractivity contribution >= 4 is 5.69 Å². The molecule has 0 amide bonds. The molecule has 3 heteroatoms. The zero-order chi connectivity index (χ0) is 11.7. The molecule has 0 saturated carbocycles. The second kappa shape index (κ2) is 3.93. The molecule has 2 N–H and O–H groups in total. The van der Waals surface area contributed by atoms with Gasteiger partial charge in [-0.15, -0.1) is 0 Å². The van der Waals surface area contributed by atoms with E-state index in [1.54, 1.807) is 25.1 Å². The lowest BCUT2D eigenvalue weighted by atomic mass is 10.0. The molecule has 0 radical (unpaired) electrons. The third-order valence-electron chi connectivity index (χ3n) is 2.52. The van der Waals surface area contributed by atoms with Gasteiger partial charge in [0.05, 0.1) is 5.56 Å². The molecule has 0 unspecified atom stereocenters. The lowest BCUT2D eigenvalue weighted by molar-refractivity contribution is 0.589. The molecule has 2 aromatic carbocycles. The summed E-state index contributed by atoms with van der Waals surface area (Å²) in [5.74, 6) is -1.13. The maximum Gasteiger partial charge on any atom is 0.133 e. The molecule has 0 spiro atoms. The van der Waals surface area contributed by atoms with Crippen LogP contribution in [0.2, 0.25) is 0 Å². The first kappa shape index (κ1) is 10.6. The van der Waals surface area contributed by atoms with E-state index in [9.17, 15) is 8.78 Å². The maximum absolute atomic E-state index is 13.5. The number of halogens is 2. The molecule has 0 aliphatic carbocycles. The van der Waals surface area contributed by atoms with Gasteiger partial charge in [-0.3, -0.25) is 0 Å². The fourth-order valence-corrected chi connectivity index (χ4v) is 1.60. The first-order valence-electron chi connectivity index (χ1n) is 4.90. The lowest BCUT2D eigenvalue weighted by Gasteiger charge is -2.07. The molecule has 0 aliphatic rings. The zero-order valence-corrected chi connectivity index (χ0v) is 8.80. The van der Waals surface area contributed by atoms with Gasteiger partial charge in [-0.05, 0) is 42.3 Å². The second-order valence-electron chi connectivity index (χ2n) is 3.67. The van der Waals surface area contributed by atoms with Crippen LogP contribution < -0.4 is 5.73 Å². The second-order valence-corrected chi connectivity index (χ2v) is 3.67. The highest BCUT2D eigenvalue weighted by atomic mass is 19.1. The molecule has 16 heavy (non-hydrogen) atoms. The number of hydrogen-bond acceptors (Lipinski definition) is 1. The van der Waals surface area contributed by atoms with Crippen LogP contribution in [0.4, 0.5) is 14.5 Å². The Balaban J connectivity index is 2.63. The van der Waals surface area contributed by atoms with E-state index < -0.39 is 11.6 Å². The highest BCUT2D eigenvalue weighted by molar-refractivity contribution is 5.68. The summed E-state index contributed by atoms with van der Waals surface area (Å²) in [5, 5.41) is 0. The van der Waals surface area contributed by atoms with Gasteiger partial charge in [-0.2, -0.15) is 0 Å². The molecule has 1 nitrogen and oxygen atoms in total. The molecular weight excluding hydrogens is 208 g/mol. The van der Waals surface area contributed by atoms with Gasteiger partial charge >= 0.3 is 0 Å². The fourth-order valence-electron chi connectivity index (χ4n) is 1.60. The Morgan fingerprint density at radius 1 is 1.00 bits per heavy atom. The van der Waals surface area contributed by atoms with Crippen LogP contribution in [0.3, 0.4) is 0 Å². The smallest absolute Gasteiger partial charge is 0.133 e. The van der Waals surface area contributed by atoms with Crippen molar-refractivity contribution in [1.29, 1.82) is 0 Å². The maximum atomic E-state index is 13.5. The van der Waals surface area contributed by atoms with Crippen molar-refractivity contribution in [2.75, 3.05) is 5.73 Å². The predicted molar refractivity (Wildman–Crippen MR) is 60.9 cm³/mol. The molecular formula is C13H11F2N. The highest BCUT2D eigenvalue weighted by Gasteiger charge is 2.11. The van der Waals surface area contributed by atoms with Crippen molar-refractivity contribution in [3.8, 4) is 11.1 Å². The minimum atomic E-state index is -0.566. The van der Waals surface area contributed by atoms with Gasteiger partial charge in [-0.25, -0.2) is 8.78 Å². The van der Waals surface area contributed by atoms with Crippen LogP contribution in [0.25, 0.3) is 11.1 Å². The number of nitrogen functional groups attached to an aromatic ring is 1. The van der Waals surface area contributed by atoms with Gasteiger partial charge in [0, 0.05) is 5.69 Å². The van der Waals surface area contributed by atoms with E-state index >= 15 is 0 Å². The molecule has 0 fully saturated rings. The van der Waals surface area contributed by atoms with Gasteiger partial charge in [0.15, 0.2) is 0 Å². The van der Waals surface area contributed by atoms with Crippen molar-refractivity contribution in [2.45, 2.75) is 6.92 Å². The topological polar surface area (TPSA) is 26.0 Å². The van der Waals surface area contributed by atoms with Gasteiger partial charge in [0.2, 0.25) is 0 Å². The molecule has 0 heterocycles. The third-order valence-corrected chi connectivity index (χ3v) is 2.52. The van der Waals surface area contributed by atoms with E-state index in [2.05, 4.69) is 0 Å². The number of rotatable bonds is 1. The van der Waals surface area contributed by atoms with Crippen LogP contribution >= 0.6 is 0 Å². The Labute approximate surface area is 92.5 Å². The number of nitrogens with two attached hydrogens (primary N) is 1. The minimum absolute atomic E-state index is 0.00870. The summed E-state index contributed by atoms with van der Waals surface area (Å²) in [6.45, 7) is 1.80. The van der Waals surface area contributed by atoms with Crippen LogP contribution in [-0.2, 0) is 0 Å². The van der Waals surface area contributed by atoms with Crippen molar-refractivity contribution in [1.82, 2.24) is 0 Å². The first-order chi connectivity index (χ1) is 7.59. The fraction of sp³-hybridized carbons (Fsp3) is 0.0769. The monoisotopic (exact) mass is 219 g/mol. The summed E-state index contributed by atoms with van der Waals surface area (Å²) in [5.41, 5.74) is 7.57. The van der Waals surface area contributed by atoms with Crippen molar-refractivity contribution in [3.63, 3.8) is 0 Å². The summed E-state index contributed by atoms with van der Waals surface area (Å²) >= 11 is 0. The highest BCUT2D eigenvalue weighted by Crippen LogP contribution is 2.28. The number of anilines is 1. The Hall–Kier alpha value is -1.90. The van der Waals surface area contributed by atoms with Crippen LogP contribution in [0.5, 0.6) is 0 Å². The van der Waals surface area contributed by atoms with E-state index in [0.29, 0.717) is 11.3 Å². The molecule has 2 aromatic rings. The van der Waals surface area contributed by atoms with Crippen molar-refractivity contribution in [3.05, 3.63) is 53.6 Å². The van der Waals surface area contributed by atoms with E-state index in [1.807, 2.05) is 0 Å². The normalized spacial score (nSPS) is 10.4.